The lowest BCUT2D eigenvalue weighted by molar-refractivity contribution is 0.0497. The molecule has 1 saturated carbocycles. The molecule has 2 amide bonds. The minimum absolute atomic E-state index is 0.0449. The summed E-state index contributed by atoms with van der Waals surface area (Å²) in [6.07, 6.45) is 7.93. The number of amides is 2. The van der Waals surface area contributed by atoms with Gasteiger partial charge in [-0.2, -0.15) is 5.11 Å². The van der Waals surface area contributed by atoms with E-state index in [0.717, 1.165) is 12.8 Å². The maximum absolute atomic E-state index is 13.3. The van der Waals surface area contributed by atoms with Crippen molar-refractivity contribution in [1.29, 1.82) is 5.53 Å². The van der Waals surface area contributed by atoms with E-state index in [4.69, 9.17) is 10.3 Å². The van der Waals surface area contributed by atoms with Gasteiger partial charge in [0.15, 0.2) is 6.73 Å². The van der Waals surface area contributed by atoms with E-state index in [9.17, 15) is 14.0 Å². The molecule has 8 heteroatoms. The molecule has 1 fully saturated rings. The standard InChI is InChI=1S/C20H21FN4O3/c21-13-3-1-2-12(8-13)6-7-23-19(26)15-10-18-16(9-17(15)24-22)20(27)25(11-28-18)14-4-5-14/h1-3,9-10,12,14,22H,4-8,11H2,(H,23,26). The summed E-state index contributed by atoms with van der Waals surface area (Å²) in [5.41, 5.74) is 8.03. The Bertz CT molecular complexity index is 892. The van der Waals surface area contributed by atoms with E-state index in [0.29, 0.717) is 30.7 Å². The van der Waals surface area contributed by atoms with E-state index < -0.39 is 5.91 Å². The molecule has 1 aromatic carbocycles. The van der Waals surface area contributed by atoms with E-state index >= 15 is 0 Å². The summed E-state index contributed by atoms with van der Waals surface area (Å²) in [5, 5.41) is 6.20. The van der Waals surface area contributed by atoms with Crippen LogP contribution >= 0.6 is 0 Å². The monoisotopic (exact) mass is 384 g/mol. The van der Waals surface area contributed by atoms with Gasteiger partial charge in [0.05, 0.1) is 16.8 Å². The zero-order valence-electron chi connectivity index (χ0n) is 15.3. The van der Waals surface area contributed by atoms with Crippen LogP contribution in [0.15, 0.2) is 41.3 Å². The number of benzene rings is 1. The number of ether oxygens (including phenoxy) is 1. The molecule has 2 aliphatic carbocycles. The molecule has 1 unspecified atom stereocenters. The minimum atomic E-state index is -0.398. The molecule has 0 saturated heterocycles. The van der Waals surface area contributed by atoms with Gasteiger partial charge in [0.2, 0.25) is 0 Å². The van der Waals surface area contributed by atoms with Crippen molar-refractivity contribution in [3.8, 4) is 5.75 Å². The topological polar surface area (TPSA) is 94.8 Å². The van der Waals surface area contributed by atoms with Crippen molar-refractivity contribution in [2.24, 2.45) is 11.0 Å². The second kappa shape index (κ2) is 7.53. The fourth-order valence-corrected chi connectivity index (χ4v) is 3.51. The summed E-state index contributed by atoms with van der Waals surface area (Å²) in [6.45, 7) is 0.535. The van der Waals surface area contributed by atoms with E-state index in [1.807, 2.05) is 6.08 Å². The number of nitrogens with zero attached hydrogens (tertiary/aromatic N) is 2. The van der Waals surface area contributed by atoms with Crippen molar-refractivity contribution in [3.05, 3.63) is 47.3 Å². The highest BCUT2D eigenvalue weighted by molar-refractivity contribution is 6.04. The zero-order chi connectivity index (χ0) is 19.7. The normalized spacial score (nSPS) is 20.9. The molecule has 7 nitrogen and oxygen atoms in total. The van der Waals surface area contributed by atoms with Crippen LogP contribution in [0.1, 0.15) is 46.4 Å². The Kier molecular flexibility index (Phi) is 4.93. The molecule has 1 aromatic rings. The van der Waals surface area contributed by atoms with Crippen molar-refractivity contribution >= 4 is 17.5 Å². The Morgan fingerprint density at radius 1 is 1.39 bits per heavy atom. The van der Waals surface area contributed by atoms with Gasteiger partial charge in [-0.05, 0) is 43.4 Å². The summed E-state index contributed by atoms with van der Waals surface area (Å²) in [4.78, 5) is 26.9. The van der Waals surface area contributed by atoms with Crippen LogP contribution in [0.25, 0.3) is 0 Å². The fourth-order valence-electron chi connectivity index (χ4n) is 3.51. The molecule has 0 radical (unpaired) electrons. The van der Waals surface area contributed by atoms with Crippen LogP contribution in [0.3, 0.4) is 0 Å². The largest absolute Gasteiger partial charge is 0.472 e. The predicted octanol–water partition coefficient (Wildman–Crippen LogP) is 3.85. The molecule has 28 heavy (non-hydrogen) atoms. The number of fused-ring (bicyclic) bond motifs is 1. The van der Waals surface area contributed by atoms with Crippen molar-refractivity contribution in [2.45, 2.75) is 31.7 Å². The average molecular weight is 384 g/mol. The summed E-state index contributed by atoms with van der Waals surface area (Å²) in [7, 11) is 0. The SMILES string of the molecule is N=Nc1cc2c(cc1C(=O)NCCC1C=CC=C(F)C1)OCN(C1CC1)C2=O. The number of halogens is 1. The Morgan fingerprint density at radius 3 is 2.93 bits per heavy atom. The third kappa shape index (κ3) is 3.67. The number of nitrogens with one attached hydrogen (secondary N) is 2. The molecule has 2 N–H and O–H groups in total. The first-order valence-electron chi connectivity index (χ1n) is 9.37. The first-order valence-corrected chi connectivity index (χ1v) is 9.37. The van der Waals surface area contributed by atoms with Crippen LogP contribution in [0.5, 0.6) is 5.75 Å². The van der Waals surface area contributed by atoms with Gasteiger partial charge < -0.3 is 15.0 Å². The molecule has 1 heterocycles. The van der Waals surface area contributed by atoms with Gasteiger partial charge in [-0.3, -0.25) is 9.59 Å². The van der Waals surface area contributed by atoms with E-state index in [1.54, 1.807) is 11.0 Å². The van der Waals surface area contributed by atoms with Crippen molar-refractivity contribution < 1.29 is 18.7 Å². The number of carbonyl (C=O) groups is 2. The third-order valence-corrected chi connectivity index (χ3v) is 5.22. The van der Waals surface area contributed by atoms with Gasteiger partial charge in [-0.25, -0.2) is 9.92 Å². The smallest absolute Gasteiger partial charge is 0.260 e. The lowest BCUT2D eigenvalue weighted by atomic mass is 9.96. The lowest BCUT2D eigenvalue weighted by Crippen LogP contribution is -2.40. The highest BCUT2D eigenvalue weighted by Gasteiger charge is 2.37. The molecule has 0 spiro atoms. The number of allylic oxidation sites excluding steroid dienone is 4. The Morgan fingerprint density at radius 2 is 2.21 bits per heavy atom. The second-order valence-electron chi connectivity index (χ2n) is 7.26. The molecule has 1 atom stereocenters. The van der Waals surface area contributed by atoms with E-state index in [1.165, 1.54) is 18.2 Å². The van der Waals surface area contributed by atoms with Crippen molar-refractivity contribution in [1.82, 2.24) is 10.2 Å². The van der Waals surface area contributed by atoms with Gasteiger partial charge in [0, 0.05) is 19.0 Å². The number of rotatable bonds is 6. The molecular formula is C20H21FN4O3. The molecule has 4 rings (SSSR count). The van der Waals surface area contributed by atoms with Crippen molar-refractivity contribution in [3.63, 3.8) is 0 Å². The maximum Gasteiger partial charge on any atom is 0.260 e. The van der Waals surface area contributed by atoms with E-state index in [2.05, 4.69) is 10.4 Å². The summed E-state index contributed by atoms with van der Waals surface area (Å²) in [5.74, 6) is -0.332. The second-order valence-corrected chi connectivity index (χ2v) is 7.26. The third-order valence-electron chi connectivity index (χ3n) is 5.22. The summed E-state index contributed by atoms with van der Waals surface area (Å²) >= 11 is 0. The zero-order valence-corrected chi connectivity index (χ0v) is 15.3. The summed E-state index contributed by atoms with van der Waals surface area (Å²) in [6, 6.07) is 3.13. The highest BCUT2D eigenvalue weighted by Crippen LogP contribution is 2.37. The van der Waals surface area contributed by atoms with Crippen LogP contribution in [0.2, 0.25) is 0 Å². The molecule has 146 valence electrons. The quantitative estimate of drug-likeness (QED) is 0.729. The minimum Gasteiger partial charge on any atom is -0.472 e. The number of carbonyl (C=O) groups excluding carboxylic acids is 2. The first kappa shape index (κ1) is 18.3. The molecule has 0 bridgehead atoms. The van der Waals surface area contributed by atoms with Gasteiger partial charge in [-0.1, -0.05) is 12.2 Å². The van der Waals surface area contributed by atoms with Crippen LogP contribution in [-0.2, 0) is 0 Å². The molecule has 0 aromatic heterocycles. The van der Waals surface area contributed by atoms with Gasteiger partial charge in [0.25, 0.3) is 11.8 Å². The predicted molar refractivity (Wildman–Crippen MR) is 99.3 cm³/mol. The van der Waals surface area contributed by atoms with Gasteiger partial charge in [0.1, 0.15) is 11.6 Å². The maximum atomic E-state index is 13.3. The average Bonchev–Trinajstić information content (AvgIpc) is 3.52. The van der Waals surface area contributed by atoms with Gasteiger partial charge >= 0.3 is 0 Å². The van der Waals surface area contributed by atoms with Crippen LogP contribution < -0.4 is 10.1 Å². The number of hydrogen-bond acceptors (Lipinski definition) is 5. The van der Waals surface area contributed by atoms with Crippen LogP contribution in [0, 0.1) is 11.4 Å². The Labute approximate surface area is 161 Å². The Hall–Kier alpha value is -3.03. The number of hydrogen-bond donors (Lipinski definition) is 2. The Balaban J connectivity index is 1.44. The highest BCUT2D eigenvalue weighted by atomic mass is 19.1. The molecular weight excluding hydrogens is 363 g/mol. The fraction of sp³-hybridized carbons (Fsp3) is 0.400. The van der Waals surface area contributed by atoms with Gasteiger partial charge in [-0.15, -0.1) is 0 Å². The van der Waals surface area contributed by atoms with Crippen molar-refractivity contribution in [2.75, 3.05) is 13.3 Å². The molecule has 3 aliphatic rings. The summed E-state index contributed by atoms with van der Waals surface area (Å²) < 4.78 is 19.0. The first-order chi connectivity index (χ1) is 13.6. The van der Waals surface area contributed by atoms with Crippen LogP contribution in [-0.4, -0.2) is 36.0 Å². The lowest BCUT2D eigenvalue weighted by Gasteiger charge is -2.29. The molecule has 1 aliphatic heterocycles. The van der Waals surface area contributed by atoms with E-state index in [-0.39, 0.29) is 41.7 Å². The van der Waals surface area contributed by atoms with Crippen LogP contribution in [0.4, 0.5) is 10.1 Å².